The number of anilines is 3. The van der Waals surface area contributed by atoms with Crippen molar-refractivity contribution in [1.82, 2.24) is 15.2 Å². The highest BCUT2D eigenvalue weighted by molar-refractivity contribution is 6.36. The van der Waals surface area contributed by atoms with E-state index < -0.39 is 0 Å². The van der Waals surface area contributed by atoms with Gasteiger partial charge in [-0.25, -0.2) is 0 Å². The van der Waals surface area contributed by atoms with Crippen LogP contribution in [-0.2, 0) is 0 Å². The molecule has 24 heavy (non-hydrogen) atoms. The van der Waals surface area contributed by atoms with Gasteiger partial charge in [-0.2, -0.15) is 10.1 Å². The van der Waals surface area contributed by atoms with E-state index in [2.05, 4.69) is 31.9 Å². The average Bonchev–Trinajstić information content (AvgIpc) is 2.59. The molecular formula is C17H19Cl2N5. The number of allylic oxidation sites excluding steroid dienone is 1. The molecule has 0 unspecified atom stereocenters. The monoisotopic (exact) mass is 363 g/mol. The number of nitrogens with one attached hydrogen (secondary N) is 2. The molecule has 0 fully saturated rings. The molecule has 3 rings (SSSR count). The first kappa shape index (κ1) is 17.0. The molecule has 126 valence electrons. The Morgan fingerprint density at radius 1 is 1.17 bits per heavy atom. The van der Waals surface area contributed by atoms with Crippen molar-refractivity contribution in [3.8, 4) is 0 Å². The fourth-order valence-corrected chi connectivity index (χ4v) is 3.09. The summed E-state index contributed by atoms with van der Waals surface area (Å²) < 4.78 is 0. The van der Waals surface area contributed by atoms with Crippen molar-refractivity contribution in [2.45, 2.75) is 32.1 Å². The third-order valence-electron chi connectivity index (χ3n) is 3.87. The van der Waals surface area contributed by atoms with E-state index in [-0.39, 0.29) is 0 Å². The van der Waals surface area contributed by atoms with Crippen molar-refractivity contribution in [3.05, 3.63) is 46.1 Å². The van der Waals surface area contributed by atoms with Gasteiger partial charge in [0.25, 0.3) is 0 Å². The van der Waals surface area contributed by atoms with Crippen molar-refractivity contribution >= 4 is 40.7 Å². The number of aromatic nitrogens is 3. The Hall–Kier alpha value is -1.85. The molecule has 0 saturated heterocycles. The first-order chi connectivity index (χ1) is 11.7. The van der Waals surface area contributed by atoms with Crippen molar-refractivity contribution in [2.24, 2.45) is 0 Å². The Bertz CT molecular complexity index is 733. The minimum absolute atomic E-state index is 0.390. The van der Waals surface area contributed by atoms with Gasteiger partial charge >= 0.3 is 0 Å². The van der Waals surface area contributed by atoms with E-state index in [1.807, 2.05) is 0 Å². The van der Waals surface area contributed by atoms with Crippen LogP contribution in [0.4, 0.5) is 17.5 Å². The molecule has 0 atom stereocenters. The van der Waals surface area contributed by atoms with E-state index in [4.69, 9.17) is 23.2 Å². The average molecular weight is 364 g/mol. The highest BCUT2D eigenvalue weighted by Gasteiger charge is 2.06. The van der Waals surface area contributed by atoms with E-state index >= 15 is 0 Å². The molecule has 0 amide bonds. The van der Waals surface area contributed by atoms with Crippen molar-refractivity contribution < 1.29 is 0 Å². The number of benzene rings is 1. The fraction of sp³-hybridized carbons (Fsp3) is 0.353. The summed E-state index contributed by atoms with van der Waals surface area (Å²) in [7, 11) is 0. The number of rotatable bonds is 6. The molecule has 0 aliphatic heterocycles. The molecule has 1 aromatic heterocycles. The van der Waals surface area contributed by atoms with E-state index in [1.165, 1.54) is 31.3 Å². The van der Waals surface area contributed by atoms with Crippen LogP contribution in [-0.4, -0.2) is 21.7 Å². The van der Waals surface area contributed by atoms with Gasteiger partial charge in [0.05, 0.1) is 16.9 Å². The first-order valence-electron chi connectivity index (χ1n) is 8.04. The molecule has 5 nitrogen and oxygen atoms in total. The maximum Gasteiger partial charge on any atom is 0.249 e. The highest BCUT2D eigenvalue weighted by atomic mass is 35.5. The number of nitrogens with zero attached hydrogens (tertiary/aromatic N) is 3. The second kappa shape index (κ2) is 8.31. The number of hydrogen-bond acceptors (Lipinski definition) is 5. The highest BCUT2D eigenvalue weighted by Crippen LogP contribution is 2.27. The van der Waals surface area contributed by atoms with Gasteiger partial charge in [0.2, 0.25) is 5.95 Å². The smallest absolute Gasteiger partial charge is 0.249 e. The molecule has 2 aromatic rings. The lowest BCUT2D eigenvalue weighted by molar-refractivity contribution is 0.679. The molecule has 0 radical (unpaired) electrons. The van der Waals surface area contributed by atoms with Crippen molar-refractivity contribution in [3.63, 3.8) is 0 Å². The molecule has 0 saturated carbocycles. The van der Waals surface area contributed by atoms with Crippen LogP contribution in [0.1, 0.15) is 32.1 Å². The van der Waals surface area contributed by atoms with Crippen LogP contribution in [0.3, 0.4) is 0 Å². The van der Waals surface area contributed by atoms with E-state index in [9.17, 15) is 0 Å². The largest absolute Gasteiger partial charge is 0.368 e. The summed E-state index contributed by atoms with van der Waals surface area (Å²) in [5.74, 6) is 1.08. The van der Waals surface area contributed by atoms with Gasteiger partial charge in [-0.3, -0.25) is 0 Å². The van der Waals surface area contributed by atoms with Gasteiger partial charge in [0, 0.05) is 11.6 Å². The fourth-order valence-electron chi connectivity index (χ4n) is 2.64. The predicted octanol–water partition coefficient (Wildman–Crippen LogP) is 5.22. The summed E-state index contributed by atoms with van der Waals surface area (Å²) >= 11 is 12.0. The standard InChI is InChI=1S/C17H19Cl2N5/c18-13-6-7-15(14(19)10-13)22-17-23-16(11-21-24-17)20-9-8-12-4-2-1-3-5-12/h4,6-7,10-11H,1-3,5,8-9H2,(H2,20,22,23,24). The number of halogens is 2. The summed E-state index contributed by atoms with van der Waals surface area (Å²) in [5, 5.41) is 15.4. The van der Waals surface area contributed by atoms with Crippen molar-refractivity contribution in [1.29, 1.82) is 0 Å². The molecule has 1 aliphatic carbocycles. The molecule has 0 bridgehead atoms. The van der Waals surface area contributed by atoms with E-state index in [1.54, 1.807) is 24.4 Å². The Morgan fingerprint density at radius 3 is 2.88 bits per heavy atom. The van der Waals surface area contributed by atoms with Gasteiger partial charge in [-0.05, 0) is 50.3 Å². The molecule has 1 aliphatic rings. The first-order valence-corrected chi connectivity index (χ1v) is 8.80. The van der Waals surface area contributed by atoms with Crippen LogP contribution >= 0.6 is 23.2 Å². The summed E-state index contributed by atoms with van der Waals surface area (Å²) in [6.45, 7) is 0.839. The topological polar surface area (TPSA) is 62.7 Å². The zero-order valence-corrected chi connectivity index (χ0v) is 14.7. The zero-order chi connectivity index (χ0) is 16.8. The molecule has 2 N–H and O–H groups in total. The predicted molar refractivity (Wildman–Crippen MR) is 99.2 cm³/mol. The summed E-state index contributed by atoms with van der Waals surface area (Å²) in [4.78, 5) is 4.41. The maximum atomic E-state index is 6.14. The summed E-state index contributed by atoms with van der Waals surface area (Å²) in [6.07, 6.45) is 10.1. The molecule has 0 spiro atoms. The molecule has 1 aromatic carbocycles. The SMILES string of the molecule is Clc1ccc(Nc2nncc(NCCC3=CCCCC3)n2)c(Cl)c1. The van der Waals surface area contributed by atoms with Crippen molar-refractivity contribution in [2.75, 3.05) is 17.2 Å². The molecule has 1 heterocycles. The zero-order valence-electron chi connectivity index (χ0n) is 13.2. The Morgan fingerprint density at radius 2 is 2.08 bits per heavy atom. The van der Waals surface area contributed by atoms with Crippen LogP contribution < -0.4 is 10.6 Å². The molecule has 7 heteroatoms. The van der Waals surface area contributed by atoms with Crippen LogP contribution in [0.25, 0.3) is 0 Å². The third-order valence-corrected chi connectivity index (χ3v) is 4.42. The van der Waals surface area contributed by atoms with Crippen LogP contribution in [0.15, 0.2) is 36.0 Å². The second-order valence-electron chi connectivity index (χ2n) is 5.70. The van der Waals surface area contributed by atoms with Gasteiger partial charge in [-0.15, -0.1) is 5.10 Å². The lowest BCUT2D eigenvalue weighted by Crippen LogP contribution is -2.08. The van der Waals surface area contributed by atoms with Crippen LogP contribution in [0.5, 0.6) is 0 Å². The normalized spacial score (nSPS) is 14.2. The summed E-state index contributed by atoms with van der Waals surface area (Å²) in [5.41, 5.74) is 2.22. The lowest BCUT2D eigenvalue weighted by Gasteiger charge is -2.13. The maximum absolute atomic E-state index is 6.14. The number of hydrogen-bond donors (Lipinski definition) is 2. The molecular weight excluding hydrogens is 345 g/mol. The summed E-state index contributed by atoms with van der Waals surface area (Å²) in [6, 6.07) is 5.20. The Kier molecular flexibility index (Phi) is 5.88. The lowest BCUT2D eigenvalue weighted by atomic mass is 9.97. The van der Waals surface area contributed by atoms with Gasteiger partial charge in [-0.1, -0.05) is 34.9 Å². The van der Waals surface area contributed by atoms with Gasteiger partial charge in [0.15, 0.2) is 5.82 Å². The third kappa shape index (κ3) is 4.82. The van der Waals surface area contributed by atoms with E-state index in [0.29, 0.717) is 27.5 Å². The quantitative estimate of drug-likeness (QED) is 0.688. The van der Waals surface area contributed by atoms with Gasteiger partial charge in [0.1, 0.15) is 0 Å². The van der Waals surface area contributed by atoms with Crippen LogP contribution in [0.2, 0.25) is 10.0 Å². The van der Waals surface area contributed by atoms with Crippen LogP contribution in [0, 0.1) is 0 Å². The minimum Gasteiger partial charge on any atom is -0.368 e. The Labute approximate surface area is 151 Å². The Balaban J connectivity index is 1.58. The second-order valence-corrected chi connectivity index (χ2v) is 6.54. The minimum atomic E-state index is 0.390. The van der Waals surface area contributed by atoms with Gasteiger partial charge < -0.3 is 10.6 Å². The van der Waals surface area contributed by atoms with E-state index in [0.717, 1.165) is 13.0 Å².